The Morgan fingerprint density at radius 1 is 0.778 bits per heavy atom. The maximum atomic E-state index is 13.9. The molecule has 184 valence electrons. The van der Waals surface area contributed by atoms with Gasteiger partial charge in [0.25, 0.3) is 15.9 Å². The molecule has 0 fully saturated rings. The maximum absolute atomic E-state index is 13.9. The highest BCUT2D eigenvalue weighted by Gasteiger charge is 2.29. The van der Waals surface area contributed by atoms with Gasteiger partial charge in [-0.3, -0.25) is 9.10 Å². The summed E-state index contributed by atoms with van der Waals surface area (Å²) in [6.07, 6.45) is 0. The largest absolute Gasteiger partial charge is 0.497 e. The molecule has 0 aliphatic carbocycles. The molecule has 0 bridgehead atoms. The first kappa shape index (κ1) is 24.8. The van der Waals surface area contributed by atoms with Crippen LogP contribution in [0, 0.1) is 0 Å². The maximum Gasteiger partial charge on any atom is 0.264 e. The van der Waals surface area contributed by atoms with E-state index < -0.39 is 15.9 Å². The van der Waals surface area contributed by atoms with Gasteiger partial charge in [0.15, 0.2) is 0 Å². The second-order valence-electron chi connectivity index (χ2n) is 7.84. The van der Waals surface area contributed by atoms with Gasteiger partial charge in [-0.25, -0.2) is 8.42 Å². The van der Waals surface area contributed by atoms with Crippen LogP contribution in [0.3, 0.4) is 0 Å². The average Bonchev–Trinajstić information content (AvgIpc) is 2.92. The number of anilines is 2. The van der Waals surface area contributed by atoms with Gasteiger partial charge in [0.05, 0.1) is 42.6 Å². The van der Waals surface area contributed by atoms with Gasteiger partial charge in [-0.15, -0.1) is 0 Å². The number of para-hydroxylation sites is 3. The van der Waals surface area contributed by atoms with E-state index in [4.69, 9.17) is 9.47 Å². The summed E-state index contributed by atoms with van der Waals surface area (Å²) in [5.41, 5.74) is 1.71. The number of carbonyl (C=O) groups is 1. The number of hydrogen-bond donors (Lipinski definition) is 1. The number of benzene rings is 4. The Morgan fingerprint density at radius 3 is 2.11 bits per heavy atom. The molecule has 1 N–H and O–H groups in total. The molecule has 0 aliphatic heterocycles. The molecule has 0 heterocycles. The summed E-state index contributed by atoms with van der Waals surface area (Å²) in [7, 11) is -1.01. The van der Waals surface area contributed by atoms with Crippen LogP contribution >= 0.6 is 0 Å². The van der Waals surface area contributed by atoms with Crippen LogP contribution in [-0.2, 0) is 16.6 Å². The minimum atomic E-state index is -4.05. The third kappa shape index (κ3) is 5.34. The molecule has 4 aromatic rings. The molecule has 0 saturated heterocycles. The molecule has 1 amide bonds. The Kier molecular flexibility index (Phi) is 7.56. The Labute approximate surface area is 211 Å². The molecule has 0 spiro atoms. The molecule has 0 atom stereocenters. The van der Waals surface area contributed by atoms with Crippen molar-refractivity contribution in [3.05, 3.63) is 114 Å². The highest BCUT2D eigenvalue weighted by molar-refractivity contribution is 7.92. The lowest BCUT2D eigenvalue weighted by atomic mass is 10.1. The molecule has 8 heteroatoms. The van der Waals surface area contributed by atoms with Gasteiger partial charge in [-0.05, 0) is 54.1 Å². The molecule has 0 aliphatic rings. The number of hydrogen-bond acceptors (Lipinski definition) is 5. The number of nitrogens with zero attached hydrogens (tertiary/aromatic N) is 1. The van der Waals surface area contributed by atoms with Crippen LogP contribution in [0.2, 0.25) is 0 Å². The molecular formula is C28H26N2O5S. The summed E-state index contributed by atoms with van der Waals surface area (Å²) in [6.45, 7) is 0.0359. The smallest absolute Gasteiger partial charge is 0.264 e. The third-order valence-electron chi connectivity index (χ3n) is 5.59. The molecule has 0 radical (unpaired) electrons. The van der Waals surface area contributed by atoms with E-state index in [2.05, 4.69) is 5.32 Å². The van der Waals surface area contributed by atoms with Gasteiger partial charge in [0.2, 0.25) is 0 Å². The van der Waals surface area contributed by atoms with Crippen molar-refractivity contribution in [2.45, 2.75) is 11.4 Å². The van der Waals surface area contributed by atoms with Gasteiger partial charge in [0, 0.05) is 0 Å². The zero-order chi connectivity index (χ0) is 25.5. The van der Waals surface area contributed by atoms with Crippen LogP contribution in [0.5, 0.6) is 11.5 Å². The first-order valence-electron chi connectivity index (χ1n) is 11.2. The van der Waals surface area contributed by atoms with E-state index in [9.17, 15) is 13.2 Å². The second-order valence-corrected chi connectivity index (χ2v) is 9.71. The van der Waals surface area contributed by atoms with Crippen LogP contribution in [0.1, 0.15) is 15.9 Å². The fraction of sp³-hybridized carbons (Fsp3) is 0.107. The summed E-state index contributed by atoms with van der Waals surface area (Å²) < 4.78 is 39.6. The monoisotopic (exact) mass is 502 g/mol. The number of methoxy groups -OCH3 is 2. The van der Waals surface area contributed by atoms with Crippen molar-refractivity contribution in [3.8, 4) is 11.5 Å². The summed E-state index contributed by atoms with van der Waals surface area (Å²) in [5.74, 6) is 0.577. The van der Waals surface area contributed by atoms with Crippen molar-refractivity contribution >= 4 is 27.3 Å². The SMILES string of the molecule is COc1ccc(S(=O)(=O)N(Cc2ccccc2)c2ccccc2C(=O)Nc2ccccc2OC)cc1. The standard InChI is InChI=1S/C28H26N2O5S/c1-34-22-16-18-23(19-17-22)36(32,33)30(20-21-10-4-3-5-11-21)26-14-8-6-12-24(26)28(31)29-25-13-7-9-15-27(25)35-2/h3-19H,20H2,1-2H3,(H,29,31). The zero-order valence-electron chi connectivity index (χ0n) is 19.9. The van der Waals surface area contributed by atoms with Crippen molar-refractivity contribution in [3.63, 3.8) is 0 Å². The normalized spacial score (nSPS) is 10.9. The summed E-state index contributed by atoms with van der Waals surface area (Å²) in [6, 6.07) is 29.0. The molecule has 4 rings (SSSR count). The van der Waals surface area contributed by atoms with Gasteiger partial charge in [-0.1, -0.05) is 54.6 Å². The Hall–Kier alpha value is -4.30. The molecule has 0 aromatic heterocycles. The van der Waals surface area contributed by atoms with Crippen LogP contribution in [0.25, 0.3) is 0 Å². The quantitative estimate of drug-likeness (QED) is 0.333. The van der Waals surface area contributed by atoms with E-state index in [1.807, 2.05) is 30.3 Å². The Bertz CT molecular complexity index is 1440. The van der Waals surface area contributed by atoms with E-state index in [1.165, 1.54) is 30.7 Å². The second kappa shape index (κ2) is 11.0. The van der Waals surface area contributed by atoms with Crippen LogP contribution in [0.15, 0.2) is 108 Å². The highest BCUT2D eigenvalue weighted by Crippen LogP contribution is 2.31. The van der Waals surface area contributed by atoms with Crippen LogP contribution in [0.4, 0.5) is 11.4 Å². The number of ether oxygens (including phenoxy) is 2. The fourth-order valence-corrected chi connectivity index (χ4v) is 5.22. The van der Waals surface area contributed by atoms with E-state index >= 15 is 0 Å². The zero-order valence-corrected chi connectivity index (χ0v) is 20.7. The number of carbonyl (C=O) groups excluding carboxylic acids is 1. The van der Waals surface area contributed by atoms with Gasteiger partial charge >= 0.3 is 0 Å². The summed E-state index contributed by atoms with van der Waals surface area (Å²) in [4.78, 5) is 13.5. The van der Waals surface area contributed by atoms with Crippen molar-refractivity contribution in [2.24, 2.45) is 0 Å². The predicted octanol–water partition coefficient (Wildman–Crippen LogP) is 5.35. The molecule has 0 saturated carbocycles. The lowest BCUT2D eigenvalue weighted by Crippen LogP contribution is -2.32. The Balaban J connectivity index is 1.79. The number of rotatable bonds is 9. The topological polar surface area (TPSA) is 84.9 Å². The molecule has 36 heavy (non-hydrogen) atoms. The van der Waals surface area contributed by atoms with Crippen molar-refractivity contribution in [2.75, 3.05) is 23.8 Å². The van der Waals surface area contributed by atoms with Crippen molar-refractivity contribution < 1.29 is 22.7 Å². The number of nitrogens with one attached hydrogen (secondary N) is 1. The third-order valence-corrected chi connectivity index (χ3v) is 7.36. The summed E-state index contributed by atoms with van der Waals surface area (Å²) in [5, 5.41) is 2.84. The van der Waals surface area contributed by atoms with E-state index in [0.29, 0.717) is 17.2 Å². The van der Waals surface area contributed by atoms with E-state index in [1.54, 1.807) is 60.7 Å². The number of sulfonamides is 1. The van der Waals surface area contributed by atoms with E-state index in [0.717, 1.165) is 5.56 Å². The van der Waals surface area contributed by atoms with Gasteiger partial charge < -0.3 is 14.8 Å². The molecule has 0 unspecified atom stereocenters. The predicted molar refractivity (Wildman–Crippen MR) is 140 cm³/mol. The van der Waals surface area contributed by atoms with Crippen molar-refractivity contribution in [1.82, 2.24) is 0 Å². The fourth-order valence-electron chi connectivity index (χ4n) is 3.74. The minimum Gasteiger partial charge on any atom is -0.497 e. The van der Waals surface area contributed by atoms with Gasteiger partial charge in [0.1, 0.15) is 11.5 Å². The average molecular weight is 503 g/mol. The highest BCUT2D eigenvalue weighted by atomic mass is 32.2. The van der Waals surface area contributed by atoms with Crippen LogP contribution < -0.4 is 19.1 Å². The molecule has 7 nitrogen and oxygen atoms in total. The molecule has 4 aromatic carbocycles. The van der Waals surface area contributed by atoms with E-state index in [-0.39, 0.29) is 22.7 Å². The summed E-state index contributed by atoms with van der Waals surface area (Å²) >= 11 is 0. The Morgan fingerprint density at radius 2 is 1.42 bits per heavy atom. The van der Waals surface area contributed by atoms with Crippen LogP contribution in [-0.4, -0.2) is 28.5 Å². The first-order valence-corrected chi connectivity index (χ1v) is 12.6. The lowest BCUT2D eigenvalue weighted by molar-refractivity contribution is 0.102. The lowest BCUT2D eigenvalue weighted by Gasteiger charge is -2.27. The van der Waals surface area contributed by atoms with Gasteiger partial charge in [-0.2, -0.15) is 0 Å². The van der Waals surface area contributed by atoms with Crippen molar-refractivity contribution in [1.29, 1.82) is 0 Å². The number of amides is 1. The first-order chi connectivity index (χ1) is 17.4. The molecular weight excluding hydrogens is 476 g/mol. The minimum absolute atomic E-state index is 0.0359.